The molecule has 0 atom stereocenters. The van der Waals surface area contributed by atoms with E-state index in [1.807, 2.05) is 41.9 Å². The number of nitrogens with zero attached hydrogens (tertiary/aromatic N) is 2. The lowest BCUT2D eigenvalue weighted by Crippen LogP contribution is -2.11. The van der Waals surface area contributed by atoms with Crippen LogP contribution < -0.4 is 0 Å². The molecule has 6 heteroatoms. The highest BCUT2D eigenvalue weighted by Crippen LogP contribution is 2.27. The van der Waals surface area contributed by atoms with Gasteiger partial charge in [0, 0.05) is 0 Å². The highest BCUT2D eigenvalue weighted by molar-refractivity contribution is 7.13. The second kappa shape index (κ2) is 5.15. The summed E-state index contributed by atoms with van der Waals surface area (Å²) in [5.74, 6) is -0.355. The van der Waals surface area contributed by atoms with Crippen LogP contribution in [0.5, 0.6) is 0 Å². The number of hydrogen-bond donors (Lipinski definition) is 1. The van der Waals surface area contributed by atoms with Crippen LogP contribution in [0.25, 0.3) is 0 Å². The molecular weight excluding hydrogens is 292 g/mol. The first kappa shape index (κ1) is 13.0. The quantitative estimate of drug-likeness (QED) is 0.537. The van der Waals surface area contributed by atoms with Crippen molar-refractivity contribution in [3.63, 3.8) is 0 Å². The molecule has 1 N–H and O–H groups in total. The van der Waals surface area contributed by atoms with Crippen LogP contribution in [0.1, 0.15) is 16.7 Å². The Labute approximate surface area is 123 Å². The third-order valence-electron chi connectivity index (χ3n) is 3.00. The Morgan fingerprint density at radius 3 is 2.60 bits per heavy atom. The van der Waals surface area contributed by atoms with E-state index >= 15 is 0 Å². The molecule has 0 bridgehead atoms. The molecule has 0 unspecified atom stereocenters. The fraction of sp³-hybridized carbons (Fsp3) is 0.0714. The van der Waals surface area contributed by atoms with Crippen LogP contribution in [0, 0.1) is 0 Å². The van der Waals surface area contributed by atoms with Crippen molar-refractivity contribution in [3.05, 3.63) is 55.9 Å². The van der Waals surface area contributed by atoms with Crippen molar-refractivity contribution in [3.8, 4) is 0 Å². The van der Waals surface area contributed by atoms with Crippen molar-refractivity contribution in [1.82, 2.24) is 0 Å². The fourth-order valence-corrected chi connectivity index (χ4v) is 3.57. The van der Waals surface area contributed by atoms with Gasteiger partial charge in [-0.05, 0) is 35.4 Å². The third kappa shape index (κ3) is 2.03. The summed E-state index contributed by atoms with van der Waals surface area (Å²) < 4.78 is 0. The van der Waals surface area contributed by atoms with Crippen molar-refractivity contribution >= 4 is 40.0 Å². The second-order valence-corrected chi connectivity index (χ2v) is 6.06. The van der Waals surface area contributed by atoms with Gasteiger partial charge in [0.15, 0.2) is 0 Å². The SMILES string of the molecule is CC1=C(C(=NO)c2cccs2)C(=O)N=C1c1cccs1. The van der Waals surface area contributed by atoms with Gasteiger partial charge in [0.2, 0.25) is 0 Å². The fourth-order valence-electron chi connectivity index (χ4n) is 2.09. The van der Waals surface area contributed by atoms with Crippen LogP contribution in [0.4, 0.5) is 0 Å². The molecule has 3 rings (SSSR count). The molecule has 100 valence electrons. The Hall–Kier alpha value is -2.05. The minimum Gasteiger partial charge on any atom is -0.410 e. The summed E-state index contributed by atoms with van der Waals surface area (Å²) in [4.78, 5) is 17.9. The van der Waals surface area contributed by atoms with E-state index in [9.17, 15) is 10.0 Å². The van der Waals surface area contributed by atoms with Crippen molar-refractivity contribution in [2.24, 2.45) is 10.1 Å². The topological polar surface area (TPSA) is 62.0 Å². The molecular formula is C14H10N2O2S2. The lowest BCUT2D eigenvalue weighted by atomic mass is 10.0. The average Bonchev–Trinajstić information content (AvgIpc) is 3.15. The predicted molar refractivity (Wildman–Crippen MR) is 81.2 cm³/mol. The van der Waals surface area contributed by atoms with E-state index in [1.165, 1.54) is 22.7 Å². The highest BCUT2D eigenvalue weighted by atomic mass is 32.1. The number of rotatable bonds is 3. The zero-order chi connectivity index (χ0) is 14.1. The van der Waals surface area contributed by atoms with Gasteiger partial charge < -0.3 is 5.21 Å². The molecule has 1 aliphatic rings. The minimum atomic E-state index is -0.355. The zero-order valence-electron chi connectivity index (χ0n) is 10.5. The molecule has 0 aliphatic carbocycles. The van der Waals surface area contributed by atoms with Crippen LogP contribution in [0.3, 0.4) is 0 Å². The van der Waals surface area contributed by atoms with E-state index in [0.29, 0.717) is 11.3 Å². The van der Waals surface area contributed by atoms with E-state index in [0.717, 1.165) is 15.3 Å². The third-order valence-corrected chi connectivity index (χ3v) is 4.76. The summed E-state index contributed by atoms with van der Waals surface area (Å²) in [6, 6.07) is 7.50. The number of carbonyl (C=O) groups excluding carboxylic acids is 1. The first-order valence-corrected chi connectivity index (χ1v) is 7.62. The summed E-state index contributed by atoms with van der Waals surface area (Å²) in [5.41, 5.74) is 2.08. The van der Waals surface area contributed by atoms with Crippen molar-refractivity contribution < 1.29 is 10.0 Å². The van der Waals surface area contributed by atoms with Crippen molar-refractivity contribution in [2.75, 3.05) is 0 Å². The van der Waals surface area contributed by atoms with E-state index in [-0.39, 0.29) is 11.6 Å². The van der Waals surface area contributed by atoms with Gasteiger partial charge in [0.05, 0.1) is 21.0 Å². The molecule has 1 amide bonds. The van der Waals surface area contributed by atoms with Crippen molar-refractivity contribution in [2.45, 2.75) is 6.92 Å². The average molecular weight is 302 g/mol. The Morgan fingerprint density at radius 2 is 2.00 bits per heavy atom. The Kier molecular flexibility index (Phi) is 3.33. The van der Waals surface area contributed by atoms with Gasteiger partial charge in [-0.15, -0.1) is 22.7 Å². The molecule has 0 aromatic carbocycles. The number of carbonyl (C=O) groups is 1. The van der Waals surface area contributed by atoms with E-state index in [2.05, 4.69) is 10.1 Å². The summed E-state index contributed by atoms with van der Waals surface area (Å²) in [6.45, 7) is 1.83. The monoisotopic (exact) mass is 302 g/mol. The predicted octanol–water partition coefficient (Wildman–Crippen LogP) is 3.33. The number of oxime groups is 1. The number of amides is 1. The normalized spacial score (nSPS) is 15.9. The van der Waals surface area contributed by atoms with E-state index in [1.54, 1.807) is 0 Å². The van der Waals surface area contributed by atoms with Gasteiger partial charge >= 0.3 is 0 Å². The molecule has 0 saturated heterocycles. The smallest absolute Gasteiger partial charge is 0.280 e. The van der Waals surface area contributed by atoms with Gasteiger partial charge in [-0.25, -0.2) is 4.99 Å². The van der Waals surface area contributed by atoms with Gasteiger partial charge in [-0.2, -0.15) is 0 Å². The minimum absolute atomic E-state index is 0.290. The van der Waals surface area contributed by atoms with Crippen LogP contribution in [0.2, 0.25) is 0 Å². The second-order valence-electron chi connectivity index (χ2n) is 4.17. The lowest BCUT2D eigenvalue weighted by molar-refractivity contribution is -0.113. The Bertz CT molecular complexity index is 738. The Morgan fingerprint density at radius 1 is 1.25 bits per heavy atom. The molecule has 1 aliphatic heterocycles. The van der Waals surface area contributed by atoms with E-state index < -0.39 is 0 Å². The summed E-state index contributed by atoms with van der Waals surface area (Å²) >= 11 is 2.95. The molecule has 0 spiro atoms. The molecule has 0 fully saturated rings. The highest BCUT2D eigenvalue weighted by Gasteiger charge is 2.30. The molecule has 0 saturated carbocycles. The zero-order valence-corrected chi connectivity index (χ0v) is 12.2. The van der Waals surface area contributed by atoms with Gasteiger partial charge in [-0.1, -0.05) is 17.3 Å². The molecule has 20 heavy (non-hydrogen) atoms. The summed E-state index contributed by atoms with van der Waals surface area (Å²) in [5, 5.41) is 16.4. The molecule has 2 aromatic rings. The maximum Gasteiger partial charge on any atom is 0.280 e. The first-order chi connectivity index (χ1) is 9.72. The summed E-state index contributed by atoms with van der Waals surface area (Å²) in [7, 11) is 0. The van der Waals surface area contributed by atoms with Crippen LogP contribution in [0.15, 0.2) is 56.3 Å². The number of aliphatic imine (C=N–C) groups is 1. The van der Waals surface area contributed by atoms with Crippen LogP contribution in [-0.2, 0) is 4.79 Å². The number of hydrogen-bond acceptors (Lipinski definition) is 5. The van der Waals surface area contributed by atoms with Crippen LogP contribution in [-0.4, -0.2) is 22.5 Å². The maximum atomic E-state index is 12.2. The summed E-state index contributed by atoms with van der Waals surface area (Å²) in [6.07, 6.45) is 0. The molecule has 2 aromatic heterocycles. The largest absolute Gasteiger partial charge is 0.410 e. The van der Waals surface area contributed by atoms with Crippen molar-refractivity contribution in [1.29, 1.82) is 0 Å². The number of allylic oxidation sites excluding steroid dienone is 1. The van der Waals surface area contributed by atoms with Gasteiger partial charge in [0.25, 0.3) is 5.91 Å². The first-order valence-electron chi connectivity index (χ1n) is 5.87. The molecule has 4 nitrogen and oxygen atoms in total. The van der Waals surface area contributed by atoms with E-state index in [4.69, 9.17) is 0 Å². The lowest BCUT2D eigenvalue weighted by Gasteiger charge is -2.03. The number of thiophene rings is 2. The Balaban J connectivity index is 2.09. The van der Waals surface area contributed by atoms with Gasteiger partial charge in [-0.3, -0.25) is 4.79 Å². The van der Waals surface area contributed by atoms with Crippen LogP contribution >= 0.6 is 22.7 Å². The molecule has 0 radical (unpaired) electrons. The van der Waals surface area contributed by atoms with Gasteiger partial charge in [0.1, 0.15) is 5.71 Å². The standard InChI is InChI=1S/C14H10N2O2S2/c1-8-11(13(16-18)10-5-3-7-20-10)14(17)15-12(8)9-4-2-6-19-9/h2-7,18H,1H3. The maximum absolute atomic E-state index is 12.2. The molecule has 3 heterocycles.